The van der Waals surface area contributed by atoms with Crippen LogP contribution in [0.3, 0.4) is 0 Å². The number of fused-ring (bicyclic) bond motifs is 3. The number of carbonyl (C=O) groups is 1. The Kier molecular flexibility index (Phi) is 3.00. The number of ether oxygens (including phenoxy) is 1. The van der Waals surface area contributed by atoms with Crippen LogP contribution in [0.4, 0.5) is 4.79 Å². The normalized spacial score (nSPS) is 24.4. The first-order valence-electron chi connectivity index (χ1n) is 7.02. The highest BCUT2D eigenvalue weighted by atomic mass is 16.6. The smallest absolute Gasteiger partial charge is 0.410 e. The number of amides is 1. The van der Waals surface area contributed by atoms with Gasteiger partial charge in [-0.2, -0.15) is 0 Å². The van der Waals surface area contributed by atoms with Crippen molar-refractivity contribution in [2.75, 3.05) is 19.6 Å². The zero-order valence-corrected chi connectivity index (χ0v) is 12.2. The Labute approximate surface area is 119 Å². The molecule has 0 aliphatic carbocycles. The average molecular weight is 275 g/mol. The average Bonchev–Trinajstić information content (AvgIpc) is 2.74. The van der Waals surface area contributed by atoms with E-state index in [1.165, 1.54) is 11.3 Å². The Morgan fingerprint density at radius 1 is 1.40 bits per heavy atom. The highest BCUT2D eigenvalue weighted by Gasteiger charge is 2.36. The fourth-order valence-electron chi connectivity index (χ4n) is 2.73. The standard InChI is InChI=1S/C15H21N3O2/c1-15(2,3)20-14(19)17-7-8-18-12(10-17)9-11-5-4-6-16-13(11)18/h4-6,9,13,16H,7-8,10H2,1-3H3. The van der Waals surface area contributed by atoms with Gasteiger partial charge in [0.05, 0.1) is 6.54 Å². The van der Waals surface area contributed by atoms with Gasteiger partial charge in [-0.15, -0.1) is 0 Å². The Hall–Kier alpha value is -1.91. The van der Waals surface area contributed by atoms with E-state index < -0.39 is 5.60 Å². The molecule has 5 heteroatoms. The molecule has 1 fully saturated rings. The molecule has 1 N–H and O–H groups in total. The summed E-state index contributed by atoms with van der Waals surface area (Å²) in [5.41, 5.74) is 1.99. The van der Waals surface area contributed by atoms with Crippen molar-refractivity contribution in [1.82, 2.24) is 15.1 Å². The van der Waals surface area contributed by atoms with E-state index in [0.717, 1.165) is 6.54 Å². The van der Waals surface area contributed by atoms with Crippen LogP contribution in [0.1, 0.15) is 20.8 Å². The first-order chi connectivity index (χ1) is 9.44. The van der Waals surface area contributed by atoms with E-state index in [0.29, 0.717) is 13.1 Å². The highest BCUT2D eigenvalue weighted by molar-refractivity contribution is 5.69. The van der Waals surface area contributed by atoms with Crippen LogP contribution >= 0.6 is 0 Å². The minimum absolute atomic E-state index is 0.229. The molecule has 0 radical (unpaired) electrons. The maximum absolute atomic E-state index is 12.1. The first kappa shape index (κ1) is 13.1. The molecule has 0 aromatic carbocycles. The van der Waals surface area contributed by atoms with E-state index in [9.17, 15) is 4.79 Å². The van der Waals surface area contributed by atoms with Crippen molar-refractivity contribution in [3.8, 4) is 0 Å². The Morgan fingerprint density at radius 2 is 2.20 bits per heavy atom. The second-order valence-electron chi connectivity index (χ2n) is 6.33. The van der Waals surface area contributed by atoms with Crippen LogP contribution in [0.2, 0.25) is 0 Å². The van der Waals surface area contributed by atoms with Crippen LogP contribution in [-0.2, 0) is 4.74 Å². The molecule has 20 heavy (non-hydrogen) atoms. The van der Waals surface area contributed by atoms with Crippen molar-refractivity contribution < 1.29 is 9.53 Å². The van der Waals surface area contributed by atoms with Crippen LogP contribution in [0, 0.1) is 0 Å². The quantitative estimate of drug-likeness (QED) is 0.732. The fourth-order valence-corrected chi connectivity index (χ4v) is 2.73. The summed E-state index contributed by atoms with van der Waals surface area (Å²) in [5, 5.41) is 3.35. The van der Waals surface area contributed by atoms with Gasteiger partial charge in [-0.05, 0) is 44.7 Å². The Bertz CT molecular complexity index is 514. The number of hydrogen-bond acceptors (Lipinski definition) is 4. The van der Waals surface area contributed by atoms with Crippen molar-refractivity contribution in [3.05, 3.63) is 35.7 Å². The second-order valence-corrected chi connectivity index (χ2v) is 6.33. The van der Waals surface area contributed by atoms with Gasteiger partial charge in [0.15, 0.2) is 0 Å². The lowest BCUT2D eigenvalue weighted by molar-refractivity contribution is 0.0188. The van der Waals surface area contributed by atoms with Crippen molar-refractivity contribution in [2.45, 2.75) is 32.5 Å². The number of rotatable bonds is 0. The molecule has 0 spiro atoms. The third-order valence-electron chi connectivity index (χ3n) is 3.58. The van der Waals surface area contributed by atoms with Gasteiger partial charge in [-0.25, -0.2) is 4.79 Å². The predicted octanol–water partition coefficient (Wildman–Crippen LogP) is 1.81. The summed E-state index contributed by atoms with van der Waals surface area (Å²) in [4.78, 5) is 16.2. The maximum atomic E-state index is 12.1. The number of carbonyl (C=O) groups excluding carboxylic acids is 1. The molecular formula is C15H21N3O2. The number of nitrogens with zero attached hydrogens (tertiary/aromatic N) is 2. The van der Waals surface area contributed by atoms with E-state index in [2.05, 4.69) is 22.4 Å². The lowest BCUT2D eigenvalue weighted by Gasteiger charge is -2.39. The molecule has 1 amide bonds. The molecule has 3 heterocycles. The van der Waals surface area contributed by atoms with Gasteiger partial charge in [0.2, 0.25) is 0 Å². The van der Waals surface area contributed by atoms with Gasteiger partial charge < -0.3 is 19.9 Å². The zero-order chi connectivity index (χ0) is 14.3. The van der Waals surface area contributed by atoms with Gasteiger partial charge in [0.1, 0.15) is 11.8 Å². The molecule has 1 saturated heterocycles. The lowest BCUT2D eigenvalue weighted by atomic mass is 10.2. The van der Waals surface area contributed by atoms with Gasteiger partial charge in [-0.3, -0.25) is 0 Å². The van der Waals surface area contributed by atoms with Gasteiger partial charge in [-0.1, -0.05) is 6.08 Å². The number of hydrogen-bond donors (Lipinski definition) is 1. The van der Waals surface area contributed by atoms with Gasteiger partial charge in [0.25, 0.3) is 0 Å². The Balaban J connectivity index is 1.70. The minimum atomic E-state index is -0.444. The summed E-state index contributed by atoms with van der Waals surface area (Å²) in [6, 6.07) is 0. The van der Waals surface area contributed by atoms with Gasteiger partial charge in [0, 0.05) is 18.8 Å². The molecule has 0 saturated carbocycles. The van der Waals surface area contributed by atoms with E-state index in [1.807, 2.05) is 33.0 Å². The summed E-state index contributed by atoms with van der Waals surface area (Å²) in [6.45, 7) is 7.82. The molecule has 1 atom stereocenters. The van der Waals surface area contributed by atoms with Crippen LogP contribution in [0.25, 0.3) is 0 Å². The van der Waals surface area contributed by atoms with Gasteiger partial charge >= 0.3 is 6.09 Å². The molecule has 0 aromatic heterocycles. The monoisotopic (exact) mass is 275 g/mol. The predicted molar refractivity (Wildman–Crippen MR) is 76.7 cm³/mol. The third-order valence-corrected chi connectivity index (χ3v) is 3.58. The van der Waals surface area contributed by atoms with Crippen LogP contribution < -0.4 is 5.32 Å². The lowest BCUT2D eigenvalue weighted by Crippen LogP contribution is -2.52. The maximum Gasteiger partial charge on any atom is 0.410 e. The molecule has 108 valence electrons. The van der Waals surface area contributed by atoms with Crippen molar-refractivity contribution >= 4 is 6.09 Å². The van der Waals surface area contributed by atoms with Crippen LogP contribution in [0.15, 0.2) is 35.7 Å². The van der Waals surface area contributed by atoms with Crippen LogP contribution in [-0.4, -0.2) is 47.3 Å². The molecule has 1 unspecified atom stereocenters. The number of allylic oxidation sites excluding steroid dienone is 2. The van der Waals surface area contributed by atoms with E-state index in [4.69, 9.17) is 4.74 Å². The topological polar surface area (TPSA) is 44.8 Å². The molecule has 3 aliphatic rings. The second kappa shape index (κ2) is 4.58. The molecule has 3 rings (SSSR count). The molecule has 5 nitrogen and oxygen atoms in total. The van der Waals surface area contributed by atoms with E-state index in [-0.39, 0.29) is 12.3 Å². The van der Waals surface area contributed by atoms with Crippen molar-refractivity contribution in [3.63, 3.8) is 0 Å². The SMILES string of the molecule is CC(C)(C)OC(=O)N1CCN2C(=CC3=CC=CNC32)C1. The number of dihydropyridines is 1. The summed E-state index contributed by atoms with van der Waals surface area (Å²) in [7, 11) is 0. The van der Waals surface area contributed by atoms with E-state index >= 15 is 0 Å². The Morgan fingerprint density at radius 3 is 2.95 bits per heavy atom. The molecular weight excluding hydrogens is 254 g/mol. The summed E-state index contributed by atoms with van der Waals surface area (Å²) >= 11 is 0. The zero-order valence-electron chi connectivity index (χ0n) is 12.2. The number of nitrogens with one attached hydrogen (secondary N) is 1. The fraction of sp³-hybridized carbons (Fsp3) is 0.533. The van der Waals surface area contributed by atoms with Crippen LogP contribution in [0.5, 0.6) is 0 Å². The first-order valence-corrected chi connectivity index (χ1v) is 7.02. The van der Waals surface area contributed by atoms with Crippen molar-refractivity contribution in [2.24, 2.45) is 0 Å². The highest BCUT2D eigenvalue weighted by Crippen LogP contribution is 2.30. The summed E-state index contributed by atoms with van der Waals surface area (Å²) < 4.78 is 5.44. The summed E-state index contributed by atoms with van der Waals surface area (Å²) in [5.74, 6) is 0. The van der Waals surface area contributed by atoms with Crippen molar-refractivity contribution in [1.29, 1.82) is 0 Å². The minimum Gasteiger partial charge on any atom is -0.444 e. The molecule has 3 aliphatic heterocycles. The molecule has 0 bridgehead atoms. The third kappa shape index (κ3) is 2.40. The summed E-state index contributed by atoms with van der Waals surface area (Å²) in [6.07, 6.45) is 8.25. The van der Waals surface area contributed by atoms with E-state index in [1.54, 1.807) is 4.90 Å². The largest absolute Gasteiger partial charge is 0.444 e. The number of piperazine rings is 1. The molecule has 0 aromatic rings.